The van der Waals surface area contributed by atoms with Crippen molar-refractivity contribution in [1.82, 2.24) is 15.2 Å². The van der Waals surface area contributed by atoms with Gasteiger partial charge in [-0.2, -0.15) is 5.26 Å². The quantitative estimate of drug-likeness (QED) is 0.468. The Kier molecular flexibility index (Phi) is 7.47. The fourth-order valence-electron chi connectivity index (χ4n) is 4.50. The van der Waals surface area contributed by atoms with Crippen LogP contribution in [0.2, 0.25) is 0 Å². The summed E-state index contributed by atoms with van der Waals surface area (Å²) in [4.78, 5) is 19.1. The van der Waals surface area contributed by atoms with Crippen LogP contribution in [-0.4, -0.2) is 29.0 Å². The first-order valence-electron chi connectivity index (χ1n) is 12.0. The first-order valence-corrected chi connectivity index (χ1v) is 12.0. The molecular formula is C29H31N5O. The van der Waals surface area contributed by atoms with Crippen LogP contribution in [0.3, 0.4) is 0 Å². The van der Waals surface area contributed by atoms with Crippen LogP contribution >= 0.6 is 0 Å². The maximum absolute atomic E-state index is 12.6. The average molecular weight is 466 g/mol. The Bertz CT molecular complexity index is 1220. The second-order valence-corrected chi connectivity index (χ2v) is 9.08. The van der Waals surface area contributed by atoms with Gasteiger partial charge in [-0.05, 0) is 79.1 Å². The number of hydrogen-bond donors (Lipinski definition) is 2. The van der Waals surface area contributed by atoms with Crippen molar-refractivity contribution in [2.45, 2.75) is 38.6 Å². The monoisotopic (exact) mass is 465 g/mol. The third-order valence-electron chi connectivity index (χ3n) is 6.74. The van der Waals surface area contributed by atoms with E-state index in [1.807, 2.05) is 50.2 Å². The summed E-state index contributed by atoms with van der Waals surface area (Å²) in [7, 11) is 0. The number of carbonyl (C=O) groups excluding carboxylic acids is 1. The third kappa shape index (κ3) is 5.88. The van der Waals surface area contributed by atoms with E-state index < -0.39 is 0 Å². The minimum atomic E-state index is -0.254. The number of nitriles is 1. The Balaban J connectivity index is 1.36. The van der Waals surface area contributed by atoms with Crippen LogP contribution in [0.5, 0.6) is 0 Å². The molecule has 6 heteroatoms. The van der Waals surface area contributed by atoms with Gasteiger partial charge >= 0.3 is 6.03 Å². The Hall–Kier alpha value is -4.11. The van der Waals surface area contributed by atoms with E-state index in [2.05, 4.69) is 51.4 Å². The molecule has 178 valence electrons. The second-order valence-electron chi connectivity index (χ2n) is 9.08. The summed E-state index contributed by atoms with van der Waals surface area (Å²) < 4.78 is 0. The highest BCUT2D eigenvalue weighted by Gasteiger charge is 2.22. The van der Waals surface area contributed by atoms with Crippen LogP contribution in [0.4, 0.5) is 10.5 Å². The molecule has 0 spiro atoms. The normalized spacial score (nSPS) is 14.6. The smallest absolute Gasteiger partial charge is 0.319 e. The molecule has 35 heavy (non-hydrogen) atoms. The maximum Gasteiger partial charge on any atom is 0.319 e. The lowest BCUT2D eigenvalue weighted by molar-refractivity contribution is 0.249. The number of nitrogens with zero attached hydrogens (tertiary/aromatic N) is 3. The number of benzene rings is 2. The van der Waals surface area contributed by atoms with E-state index in [1.165, 1.54) is 5.56 Å². The molecular weight excluding hydrogens is 434 g/mol. The van der Waals surface area contributed by atoms with E-state index in [0.29, 0.717) is 11.5 Å². The molecule has 0 bridgehead atoms. The fourth-order valence-corrected chi connectivity index (χ4v) is 4.50. The lowest BCUT2D eigenvalue weighted by Crippen LogP contribution is -2.32. The summed E-state index contributed by atoms with van der Waals surface area (Å²) in [5, 5.41) is 15.0. The third-order valence-corrected chi connectivity index (χ3v) is 6.74. The minimum absolute atomic E-state index is 0.153. The van der Waals surface area contributed by atoms with E-state index in [9.17, 15) is 4.79 Å². The lowest BCUT2D eigenvalue weighted by atomic mass is 9.88. The fraction of sp³-hybridized carbons (Fsp3) is 0.276. The average Bonchev–Trinajstić information content (AvgIpc) is 2.90. The van der Waals surface area contributed by atoms with Gasteiger partial charge in [-0.25, -0.2) is 4.79 Å². The van der Waals surface area contributed by atoms with Gasteiger partial charge in [0, 0.05) is 36.9 Å². The molecule has 6 nitrogen and oxygen atoms in total. The molecule has 2 heterocycles. The van der Waals surface area contributed by atoms with E-state index in [4.69, 9.17) is 5.26 Å². The predicted octanol–water partition coefficient (Wildman–Crippen LogP) is 5.99. The summed E-state index contributed by atoms with van der Waals surface area (Å²) in [6.45, 7) is 10.1. The Morgan fingerprint density at radius 1 is 1.17 bits per heavy atom. The van der Waals surface area contributed by atoms with Crippen LogP contribution in [0.25, 0.3) is 5.70 Å². The summed E-state index contributed by atoms with van der Waals surface area (Å²) in [6, 6.07) is 19.6. The lowest BCUT2D eigenvalue weighted by Gasteiger charge is -2.35. The number of piperidine rings is 1. The zero-order valence-corrected chi connectivity index (χ0v) is 20.3. The molecule has 4 rings (SSSR count). The van der Waals surface area contributed by atoms with Crippen molar-refractivity contribution in [3.05, 3.63) is 101 Å². The van der Waals surface area contributed by atoms with Gasteiger partial charge in [0.15, 0.2) is 0 Å². The summed E-state index contributed by atoms with van der Waals surface area (Å²) in [6.07, 6.45) is 5.55. The molecule has 2 aromatic carbocycles. The molecule has 1 atom stereocenters. The van der Waals surface area contributed by atoms with Gasteiger partial charge in [0.05, 0.1) is 17.7 Å². The number of carbonyl (C=O) groups is 1. The van der Waals surface area contributed by atoms with Crippen LogP contribution in [-0.2, 0) is 0 Å². The van der Waals surface area contributed by atoms with E-state index in [0.717, 1.165) is 54.0 Å². The van der Waals surface area contributed by atoms with Crippen LogP contribution < -0.4 is 10.6 Å². The number of urea groups is 1. The molecule has 0 saturated carbocycles. The molecule has 0 aliphatic carbocycles. The highest BCUT2D eigenvalue weighted by molar-refractivity contribution is 5.91. The van der Waals surface area contributed by atoms with Crippen LogP contribution in [0.1, 0.15) is 59.5 Å². The maximum atomic E-state index is 12.6. The van der Waals surface area contributed by atoms with Crippen molar-refractivity contribution in [3.8, 4) is 6.07 Å². The summed E-state index contributed by atoms with van der Waals surface area (Å²) in [5.41, 5.74) is 6.67. The van der Waals surface area contributed by atoms with Crippen molar-refractivity contribution in [2.75, 3.05) is 18.4 Å². The Morgan fingerprint density at radius 3 is 2.57 bits per heavy atom. The first-order chi connectivity index (χ1) is 16.9. The van der Waals surface area contributed by atoms with E-state index >= 15 is 0 Å². The van der Waals surface area contributed by atoms with Gasteiger partial charge in [0.2, 0.25) is 0 Å². The highest BCUT2D eigenvalue weighted by Crippen LogP contribution is 2.32. The SMILES string of the molecule is C=C(c1ccc(C)c(NC(=O)NC(C)c2cccnc2)c1)N1CCC(c2ccc(C#N)cc2)CC1. The number of hydrogen-bond acceptors (Lipinski definition) is 4. The molecule has 1 aliphatic rings. The number of likely N-dealkylation sites (tertiary alicyclic amines) is 1. The van der Waals surface area contributed by atoms with E-state index in [-0.39, 0.29) is 12.1 Å². The number of anilines is 1. The van der Waals surface area contributed by atoms with Crippen molar-refractivity contribution in [1.29, 1.82) is 5.26 Å². The number of amides is 2. The van der Waals surface area contributed by atoms with Crippen LogP contribution in [0.15, 0.2) is 73.6 Å². The standard InChI is InChI=1S/C29H31N5O/c1-20-6-9-26(17-28(20)33-29(35)32-21(2)27-5-4-14-31-19-27)22(3)34-15-12-25(13-16-34)24-10-7-23(18-30)8-11-24/h4-11,14,17,19,21,25H,3,12-13,15-16H2,1-2H3,(H2,32,33,35). The molecule has 3 aromatic rings. The predicted molar refractivity (Wildman–Crippen MR) is 140 cm³/mol. The number of aromatic nitrogens is 1. The zero-order chi connectivity index (χ0) is 24.8. The molecule has 1 aromatic heterocycles. The van der Waals surface area contributed by atoms with Crippen molar-refractivity contribution in [2.24, 2.45) is 0 Å². The molecule has 1 fully saturated rings. The topological polar surface area (TPSA) is 81.1 Å². The molecule has 1 saturated heterocycles. The molecule has 0 radical (unpaired) electrons. The zero-order valence-electron chi connectivity index (χ0n) is 20.3. The van der Waals surface area contributed by atoms with Gasteiger partial charge in [-0.15, -0.1) is 0 Å². The summed E-state index contributed by atoms with van der Waals surface area (Å²) >= 11 is 0. The van der Waals surface area contributed by atoms with Crippen molar-refractivity contribution in [3.63, 3.8) is 0 Å². The van der Waals surface area contributed by atoms with Gasteiger partial charge in [-0.3, -0.25) is 4.98 Å². The molecule has 2 N–H and O–H groups in total. The Morgan fingerprint density at radius 2 is 1.91 bits per heavy atom. The Labute approximate surface area is 207 Å². The van der Waals surface area contributed by atoms with E-state index in [1.54, 1.807) is 12.4 Å². The van der Waals surface area contributed by atoms with Crippen molar-refractivity contribution >= 4 is 17.4 Å². The largest absolute Gasteiger partial charge is 0.371 e. The highest BCUT2D eigenvalue weighted by atomic mass is 16.2. The number of nitrogens with one attached hydrogen (secondary N) is 2. The molecule has 2 amide bonds. The number of pyridine rings is 1. The minimum Gasteiger partial charge on any atom is -0.371 e. The number of rotatable bonds is 6. The molecule has 1 aliphatic heterocycles. The second kappa shape index (κ2) is 10.9. The first kappa shape index (κ1) is 24.0. The number of aryl methyl sites for hydroxylation is 1. The van der Waals surface area contributed by atoms with Gasteiger partial charge in [0.1, 0.15) is 0 Å². The van der Waals surface area contributed by atoms with Crippen LogP contribution in [0, 0.1) is 18.3 Å². The molecule has 1 unspecified atom stereocenters. The van der Waals surface area contributed by atoms with Gasteiger partial charge in [0.25, 0.3) is 0 Å². The van der Waals surface area contributed by atoms with Gasteiger partial charge < -0.3 is 15.5 Å². The van der Waals surface area contributed by atoms with Gasteiger partial charge in [-0.1, -0.05) is 36.9 Å². The van der Waals surface area contributed by atoms with Crippen molar-refractivity contribution < 1.29 is 4.79 Å². The summed E-state index contributed by atoms with van der Waals surface area (Å²) in [5.74, 6) is 0.493.